The van der Waals surface area contributed by atoms with Crippen LogP contribution in [0.5, 0.6) is 0 Å². The third-order valence-corrected chi connectivity index (χ3v) is 14.9. The quantitative estimate of drug-likeness (QED) is 0.105. The fraction of sp³-hybridized carbons (Fsp3) is 0.250. The van der Waals surface area contributed by atoms with Gasteiger partial charge >= 0.3 is 83.7 Å². The first-order chi connectivity index (χ1) is 40.1. The third kappa shape index (κ3) is 20.0. The van der Waals surface area contributed by atoms with Crippen LogP contribution < -0.4 is 24.8 Å². The zero-order valence-corrected chi connectivity index (χ0v) is 62.3. The number of aryl methyl sites for hydroxylation is 4. The van der Waals surface area contributed by atoms with Gasteiger partial charge in [0.1, 0.15) is 0 Å². The SMILES string of the molecule is C[Si](C)=[Zr+2].C[Si](C)=[Zr+2].Cc1cc(C(C)C)c2cc(-c3ccccc3)[cH-]c2c1.Cc1cc(C(C)C)c2cc(-c3ccccc3)[cH-]c2c1.Cc1cc(C(C)C)c2cc(-c3ccccc3)[cH-]c2c1.Cc1cc(C(C)C)c2cc(-c3ccccc3)[cH-]c2c1.[Cl-].[Cl-]. The van der Waals surface area contributed by atoms with Crippen molar-refractivity contribution in [1.82, 2.24) is 0 Å². The molecule has 0 aromatic heterocycles. The number of benzene rings is 8. The van der Waals surface area contributed by atoms with Crippen molar-refractivity contribution in [2.75, 3.05) is 0 Å². The fourth-order valence-electron chi connectivity index (χ4n) is 11.1. The van der Waals surface area contributed by atoms with Crippen LogP contribution >= 0.6 is 0 Å². The molecular weight excluding hydrogens is 1270 g/mol. The van der Waals surface area contributed by atoms with Crippen molar-refractivity contribution in [3.63, 3.8) is 0 Å². The largest absolute Gasteiger partial charge is 1.00 e. The monoisotopic (exact) mass is 1350 g/mol. The molecule has 12 aromatic carbocycles. The van der Waals surface area contributed by atoms with E-state index in [1.54, 1.807) is 46.7 Å². The molecule has 0 radical (unpaired) electrons. The van der Waals surface area contributed by atoms with E-state index < -0.39 is 0 Å². The van der Waals surface area contributed by atoms with Crippen LogP contribution in [0.2, 0.25) is 26.2 Å². The van der Waals surface area contributed by atoms with Gasteiger partial charge in [-0.05, 0) is 51.4 Å². The Labute approximate surface area is 560 Å². The van der Waals surface area contributed by atoms with Crippen LogP contribution in [-0.2, 0) is 46.7 Å². The topological polar surface area (TPSA) is 0 Å². The number of hydrogen-bond acceptors (Lipinski definition) is 0. The summed E-state index contributed by atoms with van der Waals surface area (Å²) in [6.07, 6.45) is 0. The average Bonchev–Trinajstić information content (AvgIpc) is 3.11. The first-order valence-corrected chi connectivity index (χ1v) is 42.5. The molecule has 0 fully saturated rings. The molecule has 0 aliphatic carbocycles. The molecule has 0 saturated heterocycles. The van der Waals surface area contributed by atoms with E-state index in [1.807, 2.05) is 0 Å². The Morgan fingerprint density at radius 1 is 0.279 bits per heavy atom. The third-order valence-electron chi connectivity index (χ3n) is 14.9. The van der Waals surface area contributed by atoms with Crippen molar-refractivity contribution >= 4 is 54.0 Å². The summed E-state index contributed by atoms with van der Waals surface area (Å²) < 4.78 is 0. The van der Waals surface area contributed by atoms with Crippen LogP contribution in [0.3, 0.4) is 0 Å². The smallest absolute Gasteiger partial charge is 0.0289 e. The van der Waals surface area contributed by atoms with Crippen LogP contribution in [0.1, 0.15) is 124 Å². The summed E-state index contributed by atoms with van der Waals surface area (Å²) in [7, 11) is 0. The molecule has 86 heavy (non-hydrogen) atoms. The van der Waals surface area contributed by atoms with E-state index in [9.17, 15) is 0 Å². The Kier molecular flexibility index (Phi) is 28.4. The molecule has 0 spiro atoms. The molecule has 0 nitrogen and oxygen atoms in total. The van der Waals surface area contributed by atoms with Crippen molar-refractivity contribution in [3.05, 3.63) is 263 Å². The molecule has 12 rings (SSSR count). The van der Waals surface area contributed by atoms with Crippen molar-refractivity contribution in [2.24, 2.45) is 0 Å². The summed E-state index contributed by atoms with van der Waals surface area (Å²) in [4.78, 5) is 0. The average molecular weight is 1360 g/mol. The van der Waals surface area contributed by atoms with Crippen molar-refractivity contribution in [3.8, 4) is 44.5 Å². The summed E-state index contributed by atoms with van der Waals surface area (Å²) in [5.74, 6) is 2.25. The number of halogens is 2. The van der Waals surface area contributed by atoms with E-state index in [0.717, 1.165) is 0 Å². The Bertz CT molecular complexity index is 3550. The molecule has 0 unspecified atom stereocenters. The Hall–Kier alpha value is -5.02. The molecule has 12 aromatic rings. The van der Waals surface area contributed by atoms with Gasteiger partial charge in [-0.1, -0.05) is 268 Å². The molecular formula is C80H88Cl2Si2Zr2-2. The zero-order valence-electron chi connectivity index (χ0n) is 53.8. The van der Waals surface area contributed by atoms with Gasteiger partial charge < -0.3 is 24.8 Å². The minimum atomic E-state index is 0. The normalized spacial score (nSPS) is 10.7. The Morgan fingerprint density at radius 2 is 0.442 bits per heavy atom. The summed E-state index contributed by atoms with van der Waals surface area (Å²) in [5, 5.41) is 11.1. The van der Waals surface area contributed by atoms with Gasteiger partial charge in [0, 0.05) is 0 Å². The molecule has 440 valence electrons. The van der Waals surface area contributed by atoms with Crippen molar-refractivity contribution in [1.29, 1.82) is 0 Å². The predicted molar refractivity (Wildman–Crippen MR) is 370 cm³/mol. The first kappa shape index (κ1) is 71.7. The predicted octanol–water partition coefficient (Wildman–Crippen LogP) is 18.2. The standard InChI is InChI=1S/4C19H19.2C2H6Si.2ClH.2Zr/c4*1-13(2)18-10-14(3)9-17-11-16(12-19(17)18)15-7-5-4-6-8-15;2*1-3-2;;;;/h4*4-13H,1-3H3;2*1-2H3;2*1H;;/q4*-1;;;;;2*+2/p-2. The second-order valence-corrected chi connectivity index (χ2v) is 43.2. The van der Waals surface area contributed by atoms with Crippen LogP contribution in [0.15, 0.2) is 218 Å². The molecule has 6 heteroatoms. The maximum atomic E-state index is 2.33. The van der Waals surface area contributed by atoms with E-state index >= 15 is 0 Å². The van der Waals surface area contributed by atoms with E-state index in [-0.39, 0.29) is 35.7 Å². The van der Waals surface area contributed by atoms with Gasteiger partial charge in [0.25, 0.3) is 0 Å². The summed E-state index contributed by atoms with van der Waals surface area (Å²) in [6, 6.07) is 79.5. The number of rotatable bonds is 8. The molecule has 0 heterocycles. The van der Waals surface area contributed by atoms with Crippen molar-refractivity contribution < 1.29 is 71.5 Å². The van der Waals surface area contributed by atoms with Crippen LogP contribution in [0.25, 0.3) is 87.6 Å². The van der Waals surface area contributed by atoms with E-state index in [1.165, 1.54) is 132 Å². The van der Waals surface area contributed by atoms with Gasteiger partial charge in [0.2, 0.25) is 0 Å². The van der Waals surface area contributed by atoms with Crippen LogP contribution in [0, 0.1) is 27.7 Å². The molecule has 0 aliphatic heterocycles. The molecule has 0 bridgehead atoms. The number of hydrogen-bond donors (Lipinski definition) is 0. The summed E-state index contributed by atoms with van der Waals surface area (Å²) >= 11 is 3.48. The van der Waals surface area contributed by atoms with E-state index in [2.05, 4.69) is 328 Å². The molecule has 0 amide bonds. The van der Waals surface area contributed by atoms with Crippen LogP contribution in [0.4, 0.5) is 0 Å². The molecule has 0 N–H and O–H groups in total. The Balaban J connectivity index is 0.000000199. The second kappa shape index (κ2) is 34.1. The van der Waals surface area contributed by atoms with Crippen LogP contribution in [-0.4, -0.2) is 10.9 Å². The van der Waals surface area contributed by atoms with Gasteiger partial charge in [-0.2, -0.15) is 0 Å². The van der Waals surface area contributed by atoms with Gasteiger partial charge in [-0.25, -0.2) is 0 Å². The van der Waals surface area contributed by atoms with Gasteiger partial charge in [-0.15, -0.1) is 138 Å². The maximum absolute atomic E-state index is 2.33. The minimum Gasteiger partial charge on any atom is -1.00 e. The molecule has 0 saturated carbocycles. The number of fused-ring (bicyclic) bond motifs is 4. The first-order valence-electron chi connectivity index (χ1n) is 30.2. The zero-order chi connectivity index (χ0) is 60.8. The van der Waals surface area contributed by atoms with E-state index in [0.29, 0.717) is 23.7 Å². The second-order valence-electron chi connectivity index (χ2n) is 24.5. The molecule has 0 atom stereocenters. The summed E-state index contributed by atoms with van der Waals surface area (Å²) in [6.45, 7) is 36.1. The van der Waals surface area contributed by atoms with E-state index in [4.69, 9.17) is 0 Å². The Morgan fingerprint density at radius 3 is 0.593 bits per heavy atom. The van der Waals surface area contributed by atoms with Crippen molar-refractivity contribution in [2.45, 2.75) is 133 Å². The molecule has 0 aliphatic rings. The van der Waals surface area contributed by atoms with Gasteiger partial charge in [0.05, 0.1) is 0 Å². The minimum absolute atomic E-state index is 0. The van der Waals surface area contributed by atoms with Gasteiger partial charge in [0.15, 0.2) is 0 Å². The maximum Gasteiger partial charge on any atom is -0.0289 e. The fourth-order valence-corrected chi connectivity index (χ4v) is 11.1. The van der Waals surface area contributed by atoms with Gasteiger partial charge in [-0.3, -0.25) is 0 Å². The summed E-state index contributed by atoms with van der Waals surface area (Å²) in [5.41, 5.74) is 22.1.